The molecule has 0 amide bonds. The highest BCUT2D eigenvalue weighted by atomic mass is 16.7. The molecule has 1 aromatic carbocycles. The highest BCUT2D eigenvalue weighted by Gasteiger charge is 2.39. The summed E-state index contributed by atoms with van der Waals surface area (Å²) in [6.45, 7) is 0.335. The van der Waals surface area contributed by atoms with Crippen molar-refractivity contribution in [2.45, 2.75) is 57.2 Å². The number of ether oxygens (including phenoxy) is 2. The summed E-state index contributed by atoms with van der Waals surface area (Å²) < 4.78 is 11.3. The van der Waals surface area contributed by atoms with Gasteiger partial charge in [-0.1, -0.05) is 42.5 Å². The number of hydrogen-bond acceptors (Lipinski definition) is 6. The number of carboxylic acids is 1. The van der Waals surface area contributed by atoms with E-state index < -0.39 is 30.4 Å². The van der Waals surface area contributed by atoms with Crippen molar-refractivity contribution in [3.8, 4) is 5.75 Å². The van der Waals surface area contributed by atoms with E-state index in [2.05, 4.69) is 0 Å². The summed E-state index contributed by atoms with van der Waals surface area (Å²) in [4.78, 5) is 22.8. The normalized spacial score (nSPS) is 27.3. The molecule has 7 heteroatoms. The molecular formula is C23H28O7. The molecule has 3 N–H and O–H groups in total. The van der Waals surface area contributed by atoms with Gasteiger partial charge in [0.2, 0.25) is 6.29 Å². The van der Waals surface area contributed by atoms with E-state index in [9.17, 15) is 19.8 Å². The molecule has 1 aliphatic carbocycles. The topological polar surface area (TPSA) is 113 Å². The zero-order valence-electron chi connectivity index (χ0n) is 16.7. The quantitative estimate of drug-likeness (QED) is 0.419. The molecule has 0 saturated heterocycles. The van der Waals surface area contributed by atoms with Crippen molar-refractivity contribution in [1.29, 1.82) is 0 Å². The van der Waals surface area contributed by atoms with Crippen molar-refractivity contribution in [1.82, 2.24) is 0 Å². The van der Waals surface area contributed by atoms with Gasteiger partial charge in [-0.05, 0) is 25.3 Å². The first-order chi connectivity index (χ1) is 14.5. The first-order valence-corrected chi connectivity index (χ1v) is 10.3. The van der Waals surface area contributed by atoms with E-state index in [-0.39, 0.29) is 24.5 Å². The van der Waals surface area contributed by atoms with Crippen LogP contribution in [0, 0.1) is 11.8 Å². The molecule has 1 aromatic rings. The predicted octanol–water partition coefficient (Wildman–Crippen LogP) is 2.61. The lowest BCUT2D eigenvalue weighted by molar-refractivity contribution is -0.152. The van der Waals surface area contributed by atoms with Crippen molar-refractivity contribution in [2.24, 2.45) is 11.8 Å². The van der Waals surface area contributed by atoms with Gasteiger partial charge >= 0.3 is 5.97 Å². The number of aliphatic hydroxyl groups excluding tert-OH is 2. The summed E-state index contributed by atoms with van der Waals surface area (Å²) in [5.41, 5.74) is 0.911. The summed E-state index contributed by atoms with van der Waals surface area (Å²) in [5, 5.41) is 29.3. The van der Waals surface area contributed by atoms with Gasteiger partial charge in [0, 0.05) is 30.2 Å². The van der Waals surface area contributed by atoms with Crippen molar-refractivity contribution in [3.05, 3.63) is 54.1 Å². The third-order valence-electron chi connectivity index (χ3n) is 5.49. The summed E-state index contributed by atoms with van der Waals surface area (Å²) in [5.74, 6) is -0.983. The van der Waals surface area contributed by atoms with E-state index in [1.54, 1.807) is 6.08 Å². The molecule has 0 bridgehead atoms. The van der Waals surface area contributed by atoms with Crippen LogP contribution in [0.1, 0.15) is 37.7 Å². The van der Waals surface area contributed by atoms with Crippen LogP contribution in [0.25, 0.3) is 0 Å². The monoisotopic (exact) mass is 416 g/mol. The smallest absolute Gasteiger partial charge is 0.303 e. The minimum absolute atomic E-state index is 0.0638. The van der Waals surface area contributed by atoms with Gasteiger partial charge in [-0.15, -0.1) is 0 Å². The molecule has 1 saturated carbocycles. The number of para-hydroxylation sites is 1. The number of unbranched alkanes of at least 4 members (excludes halogenated alkanes) is 1. The second-order valence-electron chi connectivity index (χ2n) is 7.70. The summed E-state index contributed by atoms with van der Waals surface area (Å²) >= 11 is 0. The standard InChI is InChI=1S/C23H28O7/c24-18(23-29-14-15-7-5-6-9-21(15)30-23)12-11-17-16(19(25)13-20(17)26)8-3-1-2-4-10-22(27)28/h1,3,5-7,9,11-12,16-19,23-25H,2,4,8,10,13-14H2,(H,27,28)/b3-1-,12-11+/t16-,17-,18+,19+,23+/m1/s1. The maximum atomic E-state index is 12.3. The SMILES string of the molecule is O=C(O)CCC/C=C\C[C@H]1[C@@H](O)CC(=O)[C@@H]1/C=C/[C@H](O)[C@H]1OCc2ccccc2O1. The van der Waals surface area contributed by atoms with Crippen LogP contribution in [0.2, 0.25) is 0 Å². The molecule has 3 rings (SSSR count). The van der Waals surface area contributed by atoms with E-state index in [0.717, 1.165) is 5.56 Å². The maximum Gasteiger partial charge on any atom is 0.303 e. The van der Waals surface area contributed by atoms with E-state index in [1.165, 1.54) is 6.08 Å². The van der Waals surface area contributed by atoms with Gasteiger partial charge in [0.05, 0.1) is 12.7 Å². The number of fused-ring (bicyclic) bond motifs is 1. The number of carbonyl (C=O) groups excluding carboxylic acids is 1. The molecule has 0 spiro atoms. The van der Waals surface area contributed by atoms with Crippen LogP contribution in [0.15, 0.2) is 48.6 Å². The summed E-state index contributed by atoms with van der Waals surface area (Å²) in [6, 6.07) is 7.45. The zero-order valence-corrected chi connectivity index (χ0v) is 16.7. The Morgan fingerprint density at radius 3 is 2.87 bits per heavy atom. The minimum Gasteiger partial charge on any atom is -0.481 e. The maximum absolute atomic E-state index is 12.3. The molecule has 0 aromatic heterocycles. The van der Waals surface area contributed by atoms with Crippen LogP contribution in [0.3, 0.4) is 0 Å². The minimum atomic E-state index is -1.05. The van der Waals surface area contributed by atoms with Crippen LogP contribution in [-0.4, -0.2) is 45.6 Å². The summed E-state index contributed by atoms with van der Waals surface area (Å²) in [7, 11) is 0. The Hall–Kier alpha value is -2.48. The Bertz CT molecular complexity index is 800. The van der Waals surface area contributed by atoms with E-state index >= 15 is 0 Å². The second kappa shape index (κ2) is 10.5. The van der Waals surface area contributed by atoms with Crippen LogP contribution < -0.4 is 4.74 Å². The number of benzene rings is 1. The zero-order chi connectivity index (χ0) is 21.5. The van der Waals surface area contributed by atoms with E-state index in [0.29, 0.717) is 31.6 Å². The van der Waals surface area contributed by atoms with Crippen LogP contribution >= 0.6 is 0 Å². The lowest BCUT2D eigenvalue weighted by Gasteiger charge is -2.28. The number of carboxylic acid groups (broad SMARTS) is 1. The Kier molecular flexibility index (Phi) is 7.79. The molecule has 30 heavy (non-hydrogen) atoms. The molecule has 1 fully saturated rings. The number of hydrogen-bond donors (Lipinski definition) is 3. The molecular weight excluding hydrogens is 388 g/mol. The number of Topliss-reactive ketones (excluding diaryl/α,β-unsaturated/α-hetero) is 1. The third kappa shape index (κ3) is 5.78. The Morgan fingerprint density at radius 2 is 2.07 bits per heavy atom. The Labute approximate surface area is 175 Å². The van der Waals surface area contributed by atoms with Crippen molar-refractivity contribution < 1.29 is 34.4 Å². The Morgan fingerprint density at radius 1 is 1.27 bits per heavy atom. The van der Waals surface area contributed by atoms with Crippen molar-refractivity contribution >= 4 is 11.8 Å². The highest BCUT2D eigenvalue weighted by Crippen LogP contribution is 2.34. The van der Waals surface area contributed by atoms with Gasteiger partial charge in [-0.3, -0.25) is 9.59 Å². The van der Waals surface area contributed by atoms with Crippen LogP contribution in [0.5, 0.6) is 5.75 Å². The first-order valence-electron chi connectivity index (χ1n) is 10.3. The molecule has 0 radical (unpaired) electrons. The van der Waals surface area contributed by atoms with Crippen LogP contribution in [0.4, 0.5) is 0 Å². The molecule has 1 heterocycles. The summed E-state index contributed by atoms with van der Waals surface area (Å²) in [6.07, 6.45) is 6.18. The Balaban J connectivity index is 1.55. The molecule has 0 unspecified atom stereocenters. The molecule has 7 nitrogen and oxygen atoms in total. The first kappa shape index (κ1) is 22.2. The highest BCUT2D eigenvalue weighted by molar-refractivity contribution is 5.86. The van der Waals surface area contributed by atoms with Gasteiger partial charge in [-0.25, -0.2) is 0 Å². The number of allylic oxidation sites excluding steroid dienone is 3. The fourth-order valence-electron chi connectivity index (χ4n) is 3.83. The number of aliphatic carboxylic acids is 1. The molecule has 1 aliphatic heterocycles. The van der Waals surface area contributed by atoms with Crippen molar-refractivity contribution in [2.75, 3.05) is 0 Å². The lowest BCUT2D eigenvalue weighted by atomic mass is 9.90. The van der Waals surface area contributed by atoms with Crippen LogP contribution in [-0.2, 0) is 20.9 Å². The third-order valence-corrected chi connectivity index (χ3v) is 5.49. The molecule has 162 valence electrons. The van der Waals surface area contributed by atoms with Gasteiger partial charge < -0.3 is 24.8 Å². The number of aliphatic hydroxyl groups is 2. The van der Waals surface area contributed by atoms with Gasteiger partial charge in [-0.2, -0.15) is 0 Å². The molecule has 2 aliphatic rings. The number of rotatable bonds is 9. The van der Waals surface area contributed by atoms with E-state index in [1.807, 2.05) is 36.4 Å². The van der Waals surface area contributed by atoms with Gasteiger partial charge in [0.25, 0.3) is 0 Å². The van der Waals surface area contributed by atoms with Crippen molar-refractivity contribution in [3.63, 3.8) is 0 Å². The van der Waals surface area contributed by atoms with Gasteiger partial charge in [0.15, 0.2) is 0 Å². The second-order valence-corrected chi connectivity index (χ2v) is 7.70. The fourth-order valence-corrected chi connectivity index (χ4v) is 3.83. The fraction of sp³-hybridized carbons (Fsp3) is 0.478. The van der Waals surface area contributed by atoms with Gasteiger partial charge in [0.1, 0.15) is 17.6 Å². The largest absolute Gasteiger partial charge is 0.481 e. The number of carbonyl (C=O) groups is 2. The number of ketones is 1. The average Bonchev–Trinajstić information content (AvgIpc) is 3.00. The predicted molar refractivity (Wildman–Crippen MR) is 109 cm³/mol. The average molecular weight is 416 g/mol. The molecule has 5 atom stereocenters. The lowest BCUT2D eigenvalue weighted by Crippen LogP contribution is -2.36. The van der Waals surface area contributed by atoms with E-state index in [4.69, 9.17) is 14.6 Å².